The lowest BCUT2D eigenvalue weighted by Gasteiger charge is -2.16. The van der Waals surface area contributed by atoms with Crippen LogP contribution in [0.15, 0.2) is 24.3 Å². The quantitative estimate of drug-likeness (QED) is 0.813. The fourth-order valence-electron chi connectivity index (χ4n) is 1.94. The van der Waals surface area contributed by atoms with Gasteiger partial charge in [-0.1, -0.05) is 44.5 Å². The second-order valence-corrected chi connectivity index (χ2v) is 6.19. The maximum Gasteiger partial charge on any atom is 0.220 e. The average Bonchev–Trinajstić information content (AvgIpc) is 2.38. The van der Waals surface area contributed by atoms with Crippen LogP contribution < -0.4 is 5.32 Å². The first kappa shape index (κ1) is 17.0. The van der Waals surface area contributed by atoms with Gasteiger partial charge in [-0.2, -0.15) is 0 Å². The molecule has 0 aliphatic rings. The van der Waals surface area contributed by atoms with E-state index >= 15 is 0 Å². The van der Waals surface area contributed by atoms with Gasteiger partial charge in [0, 0.05) is 18.0 Å². The molecule has 20 heavy (non-hydrogen) atoms. The standard InChI is InChI=1S/C16H24ClNO2/c1-11(2)15(19)10-18-16(20)9-12(3)8-13-4-6-14(17)7-5-13/h4-7,11-12,15,19H,8-10H2,1-3H3,(H,18,20). The Morgan fingerprint density at radius 1 is 1.25 bits per heavy atom. The summed E-state index contributed by atoms with van der Waals surface area (Å²) in [5, 5.41) is 13.1. The van der Waals surface area contributed by atoms with Crippen LogP contribution in [-0.4, -0.2) is 23.7 Å². The first-order valence-corrected chi connectivity index (χ1v) is 7.45. The smallest absolute Gasteiger partial charge is 0.220 e. The monoisotopic (exact) mass is 297 g/mol. The van der Waals surface area contributed by atoms with Crippen molar-refractivity contribution in [1.29, 1.82) is 0 Å². The summed E-state index contributed by atoms with van der Waals surface area (Å²) in [5.41, 5.74) is 1.18. The van der Waals surface area contributed by atoms with E-state index in [1.807, 2.05) is 45.0 Å². The van der Waals surface area contributed by atoms with Crippen molar-refractivity contribution in [3.8, 4) is 0 Å². The molecule has 0 bridgehead atoms. The molecule has 0 saturated heterocycles. The zero-order chi connectivity index (χ0) is 15.1. The molecule has 1 rings (SSSR count). The number of carbonyl (C=O) groups is 1. The van der Waals surface area contributed by atoms with Crippen LogP contribution in [0.2, 0.25) is 5.02 Å². The minimum Gasteiger partial charge on any atom is -0.391 e. The van der Waals surface area contributed by atoms with Crippen LogP contribution in [0.25, 0.3) is 0 Å². The number of aliphatic hydroxyl groups is 1. The lowest BCUT2D eigenvalue weighted by atomic mass is 9.98. The van der Waals surface area contributed by atoms with E-state index in [2.05, 4.69) is 5.32 Å². The van der Waals surface area contributed by atoms with Crippen molar-refractivity contribution in [2.45, 2.75) is 39.7 Å². The predicted molar refractivity (Wildman–Crippen MR) is 82.8 cm³/mol. The SMILES string of the molecule is CC(CC(=O)NCC(O)C(C)C)Cc1ccc(Cl)cc1. The van der Waals surface area contributed by atoms with E-state index in [0.29, 0.717) is 13.0 Å². The number of nitrogens with one attached hydrogen (secondary N) is 1. The zero-order valence-electron chi connectivity index (χ0n) is 12.4. The minimum absolute atomic E-state index is 0.00818. The van der Waals surface area contributed by atoms with Crippen molar-refractivity contribution in [3.63, 3.8) is 0 Å². The normalized spacial score (nSPS) is 14.1. The van der Waals surface area contributed by atoms with Crippen LogP contribution in [0.3, 0.4) is 0 Å². The molecule has 0 aromatic heterocycles. The van der Waals surface area contributed by atoms with E-state index in [1.54, 1.807) is 0 Å². The van der Waals surface area contributed by atoms with Crippen molar-refractivity contribution >= 4 is 17.5 Å². The molecular formula is C16H24ClNO2. The Bertz CT molecular complexity index is 417. The Labute approximate surface area is 126 Å². The molecule has 112 valence electrons. The average molecular weight is 298 g/mol. The third-order valence-electron chi connectivity index (χ3n) is 3.31. The van der Waals surface area contributed by atoms with E-state index < -0.39 is 6.10 Å². The fourth-order valence-corrected chi connectivity index (χ4v) is 2.06. The van der Waals surface area contributed by atoms with E-state index in [0.717, 1.165) is 11.4 Å². The predicted octanol–water partition coefficient (Wildman–Crippen LogP) is 3.04. The van der Waals surface area contributed by atoms with Crippen molar-refractivity contribution < 1.29 is 9.90 Å². The van der Waals surface area contributed by atoms with Gasteiger partial charge in [0.25, 0.3) is 0 Å². The van der Waals surface area contributed by atoms with Crippen LogP contribution in [-0.2, 0) is 11.2 Å². The molecule has 0 aliphatic carbocycles. The molecule has 2 atom stereocenters. The topological polar surface area (TPSA) is 49.3 Å². The van der Waals surface area contributed by atoms with Gasteiger partial charge in [-0.25, -0.2) is 0 Å². The molecular weight excluding hydrogens is 274 g/mol. The summed E-state index contributed by atoms with van der Waals surface area (Å²) in [7, 11) is 0. The molecule has 0 saturated carbocycles. The number of carbonyl (C=O) groups excluding carboxylic acids is 1. The number of benzene rings is 1. The van der Waals surface area contributed by atoms with Gasteiger partial charge in [0.2, 0.25) is 5.91 Å². The first-order valence-electron chi connectivity index (χ1n) is 7.07. The molecule has 2 N–H and O–H groups in total. The van der Waals surface area contributed by atoms with Crippen molar-refractivity contribution in [2.75, 3.05) is 6.54 Å². The second kappa shape index (κ2) is 8.28. The first-order chi connectivity index (χ1) is 9.38. The Hall–Kier alpha value is -1.06. The number of aliphatic hydroxyl groups excluding tert-OH is 1. The van der Waals surface area contributed by atoms with Gasteiger partial charge < -0.3 is 10.4 Å². The maximum absolute atomic E-state index is 11.8. The Morgan fingerprint density at radius 2 is 1.85 bits per heavy atom. The summed E-state index contributed by atoms with van der Waals surface area (Å²) in [6.07, 6.45) is 0.829. The highest BCUT2D eigenvalue weighted by atomic mass is 35.5. The van der Waals surface area contributed by atoms with E-state index in [1.165, 1.54) is 5.56 Å². The second-order valence-electron chi connectivity index (χ2n) is 5.76. The molecule has 0 fully saturated rings. The van der Waals surface area contributed by atoms with Crippen LogP contribution in [0.1, 0.15) is 32.8 Å². The number of amides is 1. The van der Waals surface area contributed by atoms with Gasteiger partial charge in [-0.15, -0.1) is 0 Å². The van der Waals surface area contributed by atoms with Crippen molar-refractivity contribution in [2.24, 2.45) is 11.8 Å². The number of rotatable bonds is 7. The van der Waals surface area contributed by atoms with Crippen LogP contribution in [0, 0.1) is 11.8 Å². The van der Waals surface area contributed by atoms with E-state index in [4.69, 9.17) is 11.6 Å². The lowest BCUT2D eigenvalue weighted by Crippen LogP contribution is -2.35. The number of hydrogen-bond acceptors (Lipinski definition) is 2. The van der Waals surface area contributed by atoms with Gasteiger partial charge in [0.1, 0.15) is 0 Å². The van der Waals surface area contributed by atoms with Gasteiger partial charge in [0.15, 0.2) is 0 Å². The Morgan fingerprint density at radius 3 is 2.40 bits per heavy atom. The highest BCUT2D eigenvalue weighted by molar-refractivity contribution is 6.30. The van der Waals surface area contributed by atoms with E-state index in [-0.39, 0.29) is 17.7 Å². The summed E-state index contributed by atoms with van der Waals surface area (Å²) >= 11 is 5.84. The summed E-state index contributed by atoms with van der Waals surface area (Å²) in [5.74, 6) is 0.403. The van der Waals surface area contributed by atoms with Gasteiger partial charge in [-0.3, -0.25) is 4.79 Å². The molecule has 0 radical (unpaired) electrons. The maximum atomic E-state index is 11.8. The molecule has 0 heterocycles. The molecule has 0 spiro atoms. The Balaban J connectivity index is 2.32. The van der Waals surface area contributed by atoms with Crippen molar-refractivity contribution in [1.82, 2.24) is 5.32 Å². The molecule has 1 amide bonds. The van der Waals surface area contributed by atoms with Gasteiger partial charge in [-0.05, 0) is 36.0 Å². The molecule has 1 aromatic carbocycles. The molecule has 4 heteroatoms. The molecule has 1 aromatic rings. The van der Waals surface area contributed by atoms with Crippen LogP contribution in [0.5, 0.6) is 0 Å². The minimum atomic E-state index is -0.481. The van der Waals surface area contributed by atoms with Crippen LogP contribution >= 0.6 is 11.6 Å². The summed E-state index contributed by atoms with van der Waals surface area (Å²) < 4.78 is 0. The fraction of sp³-hybridized carbons (Fsp3) is 0.562. The summed E-state index contributed by atoms with van der Waals surface area (Å²) in [6.45, 7) is 6.23. The molecule has 2 unspecified atom stereocenters. The molecule has 3 nitrogen and oxygen atoms in total. The zero-order valence-corrected chi connectivity index (χ0v) is 13.2. The summed E-state index contributed by atoms with van der Waals surface area (Å²) in [4.78, 5) is 11.8. The largest absolute Gasteiger partial charge is 0.391 e. The molecule has 0 aliphatic heterocycles. The highest BCUT2D eigenvalue weighted by Crippen LogP contribution is 2.15. The summed E-state index contributed by atoms with van der Waals surface area (Å²) in [6, 6.07) is 7.70. The lowest BCUT2D eigenvalue weighted by molar-refractivity contribution is -0.122. The van der Waals surface area contributed by atoms with E-state index in [9.17, 15) is 9.90 Å². The third kappa shape index (κ3) is 6.40. The number of hydrogen-bond donors (Lipinski definition) is 2. The van der Waals surface area contributed by atoms with Gasteiger partial charge in [0.05, 0.1) is 6.10 Å². The Kier molecular flexibility index (Phi) is 7.03. The van der Waals surface area contributed by atoms with Gasteiger partial charge >= 0.3 is 0 Å². The van der Waals surface area contributed by atoms with Crippen LogP contribution in [0.4, 0.5) is 0 Å². The number of halogens is 1. The highest BCUT2D eigenvalue weighted by Gasteiger charge is 2.13. The van der Waals surface area contributed by atoms with Crippen molar-refractivity contribution in [3.05, 3.63) is 34.9 Å². The third-order valence-corrected chi connectivity index (χ3v) is 3.56.